The number of nitrogens with one attached hydrogen (secondary N) is 1. The standard InChI is InChI=1S/C23H29N5O.CH2O2/c1-2-19(29)28-12-4-9-23(15-28)10-8-18-20(23)26-21(17-5-3-11-24-14-17)27-22(18)25-13-16-6-7-16;2-1-3/h3,5,11,14,16H,2,4,6-10,12-13,15H2,1H3,(H,25,26,27);1H,(H,2,3). The van der Waals surface area contributed by atoms with Gasteiger partial charge >= 0.3 is 0 Å². The van der Waals surface area contributed by atoms with Crippen molar-refractivity contribution in [2.75, 3.05) is 25.0 Å². The largest absolute Gasteiger partial charge is 0.483 e. The van der Waals surface area contributed by atoms with Gasteiger partial charge in [-0.1, -0.05) is 6.92 Å². The van der Waals surface area contributed by atoms with Crippen LogP contribution in [0.2, 0.25) is 0 Å². The highest BCUT2D eigenvalue weighted by atomic mass is 16.3. The van der Waals surface area contributed by atoms with Gasteiger partial charge < -0.3 is 15.3 Å². The van der Waals surface area contributed by atoms with Gasteiger partial charge in [0.1, 0.15) is 5.82 Å². The average molecular weight is 438 g/mol. The van der Waals surface area contributed by atoms with Gasteiger partial charge in [0.2, 0.25) is 5.91 Å². The van der Waals surface area contributed by atoms with Crippen LogP contribution in [0.4, 0.5) is 5.82 Å². The molecule has 0 aromatic carbocycles. The molecule has 1 aliphatic heterocycles. The summed E-state index contributed by atoms with van der Waals surface area (Å²) in [6, 6.07) is 3.95. The van der Waals surface area contributed by atoms with E-state index in [1.807, 2.05) is 25.3 Å². The van der Waals surface area contributed by atoms with Crippen LogP contribution >= 0.6 is 0 Å². The molecule has 32 heavy (non-hydrogen) atoms. The van der Waals surface area contributed by atoms with E-state index in [4.69, 9.17) is 19.9 Å². The molecule has 8 nitrogen and oxygen atoms in total. The van der Waals surface area contributed by atoms with Crippen molar-refractivity contribution in [3.05, 3.63) is 35.8 Å². The first kappa shape index (κ1) is 22.2. The Kier molecular flexibility index (Phi) is 6.67. The fraction of sp³-hybridized carbons (Fsp3) is 0.542. The Morgan fingerprint density at radius 1 is 1.34 bits per heavy atom. The van der Waals surface area contributed by atoms with Crippen molar-refractivity contribution in [1.82, 2.24) is 19.9 Å². The molecule has 0 radical (unpaired) electrons. The Morgan fingerprint density at radius 2 is 2.16 bits per heavy atom. The average Bonchev–Trinajstić information content (AvgIpc) is 3.60. The third-order valence-electron chi connectivity index (χ3n) is 6.77. The van der Waals surface area contributed by atoms with Crippen molar-refractivity contribution in [2.45, 2.75) is 57.3 Å². The number of rotatable bonds is 5. The number of piperidine rings is 1. The highest BCUT2D eigenvalue weighted by molar-refractivity contribution is 5.76. The molecule has 1 amide bonds. The van der Waals surface area contributed by atoms with Crippen LogP contribution in [0.5, 0.6) is 0 Å². The van der Waals surface area contributed by atoms with E-state index in [0.29, 0.717) is 6.42 Å². The van der Waals surface area contributed by atoms with Gasteiger partial charge in [-0.3, -0.25) is 14.6 Å². The van der Waals surface area contributed by atoms with Crippen LogP contribution in [0.3, 0.4) is 0 Å². The quantitative estimate of drug-likeness (QED) is 0.691. The molecule has 1 saturated carbocycles. The predicted molar refractivity (Wildman–Crippen MR) is 121 cm³/mol. The second kappa shape index (κ2) is 9.63. The van der Waals surface area contributed by atoms with Gasteiger partial charge in [0, 0.05) is 55.0 Å². The smallest absolute Gasteiger partial charge is 0.290 e. The minimum Gasteiger partial charge on any atom is -0.483 e. The minimum atomic E-state index is -0.250. The van der Waals surface area contributed by atoms with Crippen LogP contribution in [0.25, 0.3) is 11.4 Å². The Morgan fingerprint density at radius 3 is 2.84 bits per heavy atom. The summed E-state index contributed by atoms with van der Waals surface area (Å²) >= 11 is 0. The molecular formula is C24H31N5O3. The molecule has 1 unspecified atom stereocenters. The fourth-order valence-electron chi connectivity index (χ4n) is 4.94. The van der Waals surface area contributed by atoms with E-state index in [1.54, 1.807) is 6.20 Å². The number of carbonyl (C=O) groups is 2. The highest BCUT2D eigenvalue weighted by Crippen LogP contribution is 2.46. The number of nitrogens with zero attached hydrogens (tertiary/aromatic N) is 4. The number of amides is 1. The van der Waals surface area contributed by atoms with Gasteiger partial charge in [-0.25, -0.2) is 9.97 Å². The molecule has 0 bridgehead atoms. The molecular weight excluding hydrogens is 406 g/mol. The van der Waals surface area contributed by atoms with Gasteiger partial charge in [0.05, 0.1) is 5.69 Å². The summed E-state index contributed by atoms with van der Waals surface area (Å²) in [6.45, 7) is 4.35. The van der Waals surface area contributed by atoms with Crippen molar-refractivity contribution in [3.8, 4) is 11.4 Å². The molecule has 8 heteroatoms. The summed E-state index contributed by atoms with van der Waals surface area (Å²) < 4.78 is 0. The zero-order valence-electron chi connectivity index (χ0n) is 18.6. The Labute approximate surface area is 188 Å². The summed E-state index contributed by atoms with van der Waals surface area (Å²) in [5, 5.41) is 10.5. The maximum absolute atomic E-state index is 12.4. The van der Waals surface area contributed by atoms with Gasteiger partial charge in [0.25, 0.3) is 6.47 Å². The summed E-state index contributed by atoms with van der Waals surface area (Å²) in [6.07, 6.45) is 11.0. The van der Waals surface area contributed by atoms with E-state index in [9.17, 15) is 4.79 Å². The first-order valence-corrected chi connectivity index (χ1v) is 11.5. The van der Waals surface area contributed by atoms with E-state index in [-0.39, 0.29) is 17.8 Å². The molecule has 2 aliphatic carbocycles. The summed E-state index contributed by atoms with van der Waals surface area (Å²) in [7, 11) is 0. The third-order valence-corrected chi connectivity index (χ3v) is 6.77. The normalized spacial score (nSPS) is 21.5. The molecule has 1 saturated heterocycles. The summed E-state index contributed by atoms with van der Waals surface area (Å²) in [5.74, 6) is 2.78. The van der Waals surface area contributed by atoms with Gasteiger partial charge in [-0.15, -0.1) is 0 Å². The lowest BCUT2D eigenvalue weighted by Crippen LogP contribution is -2.47. The lowest BCUT2D eigenvalue weighted by Gasteiger charge is -2.40. The number of anilines is 1. The Balaban J connectivity index is 0.000000775. The first-order chi connectivity index (χ1) is 15.6. The van der Waals surface area contributed by atoms with Crippen molar-refractivity contribution in [3.63, 3.8) is 0 Å². The zero-order chi connectivity index (χ0) is 22.6. The van der Waals surface area contributed by atoms with Crippen LogP contribution in [0, 0.1) is 5.92 Å². The molecule has 2 fully saturated rings. The van der Waals surface area contributed by atoms with Gasteiger partial charge in [-0.05, 0) is 56.6 Å². The molecule has 2 aromatic rings. The number of likely N-dealkylation sites (tertiary alicyclic amines) is 1. The molecule has 2 aromatic heterocycles. The van der Waals surface area contributed by atoms with Crippen LogP contribution in [0.1, 0.15) is 56.7 Å². The molecule has 5 rings (SSSR count). The molecule has 1 spiro atoms. The van der Waals surface area contributed by atoms with E-state index in [0.717, 1.165) is 68.4 Å². The number of hydrogen-bond donors (Lipinski definition) is 2. The third kappa shape index (κ3) is 4.59. The lowest BCUT2D eigenvalue weighted by molar-refractivity contribution is -0.133. The van der Waals surface area contributed by atoms with Crippen LogP contribution in [0.15, 0.2) is 24.5 Å². The number of carbonyl (C=O) groups excluding carboxylic acids is 1. The Hall–Kier alpha value is -3.03. The Bertz CT molecular complexity index is 964. The van der Waals surface area contributed by atoms with Crippen molar-refractivity contribution in [2.24, 2.45) is 5.92 Å². The summed E-state index contributed by atoms with van der Waals surface area (Å²) in [5.41, 5.74) is 3.35. The predicted octanol–water partition coefficient (Wildman–Crippen LogP) is 3.28. The molecule has 3 heterocycles. The van der Waals surface area contributed by atoms with E-state index >= 15 is 0 Å². The maximum Gasteiger partial charge on any atom is 0.290 e. The van der Waals surface area contributed by atoms with E-state index < -0.39 is 0 Å². The van der Waals surface area contributed by atoms with E-state index in [1.165, 1.54) is 24.1 Å². The van der Waals surface area contributed by atoms with Crippen molar-refractivity contribution < 1.29 is 14.7 Å². The van der Waals surface area contributed by atoms with Gasteiger partial charge in [0.15, 0.2) is 5.82 Å². The molecule has 2 N–H and O–H groups in total. The topological polar surface area (TPSA) is 108 Å². The number of carboxylic acid groups (broad SMARTS) is 1. The molecule has 1 atom stereocenters. The highest BCUT2D eigenvalue weighted by Gasteiger charge is 2.45. The molecule has 3 aliphatic rings. The molecule has 170 valence electrons. The number of fused-ring (bicyclic) bond motifs is 2. The van der Waals surface area contributed by atoms with Gasteiger partial charge in [-0.2, -0.15) is 0 Å². The first-order valence-electron chi connectivity index (χ1n) is 11.5. The fourth-order valence-corrected chi connectivity index (χ4v) is 4.94. The van der Waals surface area contributed by atoms with Crippen LogP contribution < -0.4 is 5.32 Å². The second-order valence-electron chi connectivity index (χ2n) is 8.95. The zero-order valence-corrected chi connectivity index (χ0v) is 18.6. The van der Waals surface area contributed by atoms with Crippen molar-refractivity contribution >= 4 is 18.2 Å². The monoisotopic (exact) mass is 437 g/mol. The second-order valence-corrected chi connectivity index (χ2v) is 8.95. The maximum atomic E-state index is 12.4. The van der Waals surface area contributed by atoms with Crippen LogP contribution in [-0.4, -0.2) is 57.0 Å². The SMILES string of the molecule is CCC(=O)N1CCCC2(CCc3c(NCC4CC4)nc(-c4cccnc4)nc32)C1.O=CO. The number of hydrogen-bond acceptors (Lipinski definition) is 6. The van der Waals surface area contributed by atoms with Crippen LogP contribution in [-0.2, 0) is 21.4 Å². The van der Waals surface area contributed by atoms with E-state index in [2.05, 4.69) is 15.2 Å². The lowest BCUT2D eigenvalue weighted by atomic mass is 9.77. The number of aromatic nitrogens is 3. The summed E-state index contributed by atoms with van der Waals surface area (Å²) in [4.78, 5) is 37.1. The minimum absolute atomic E-state index is 0.0334. The number of pyridine rings is 1. The van der Waals surface area contributed by atoms with Crippen molar-refractivity contribution in [1.29, 1.82) is 0 Å².